The molecule has 0 aliphatic heterocycles. The van der Waals surface area contributed by atoms with Gasteiger partial charge in [-0.15, -0.1) is 0 Å². The van der Waals surface area contributed by atoms with E-state index in [1.807, 2.05) is 36.4 Å². The molecule has 0 saturated carbocycles. The Morgan fingerprint density at radius 3 is 2.42 bits per heavy atom. The fourth-order valence-corrected chi connectivity index (χ4v) is 3.74. The fraction of sp³-hybridized carbons (Fsp3) is 0.0769. The van der Waals surface area contributed by atoms with Gasteiger partial charge in [0.25, 0.3) is 5.91 Å². The van der Waals surface area contributed by atoms with Crippen molar-refractivity contribution in [2.45, 2.75) is 13.8 Å². The van der Waals surface area contributed by atoms with Crippen molar-refractivity contribution in [3.63, 3.8) is 0 Å². The van der Waals surface area contributed by atoms with E-state index in [1.165, 1.54) is 0 Å². The molecule has 7 heteroatoms. The molecule has 33 heavy (non-hydrogen) atoms. The molecule has 0 fully saturated rings. The second kappa shape index (κ2) is 8.20. The Bertz CT molecular complexity index is 1550. The van der Waals surface area contributed by atoms with Crippen molar-refractivity contribution in [2.24, 2.45) is 0 Å². The molecule has 0 spiro atoms. The van der Waals surface area contributed by atoms with Gasteiger partial charge in [0, 0.05) is 23.6 Å². The largest absolute Gasteiger partial charge is 0.455 e. The van der Waals surface area contributed by atoms with E-state index in [9.17, 15) is 9.59 Å². The van der Waals surface area contributed by atoms with E-state index >= 15 is 0 Å². The molecule has 0 aliphatic carbocycles. The Labute approximate surface area is 188 Å². The summed E-state index contributed by atoms with van der Waals surface area (Å²) in [5, 5.41) is 7.19. The van der Waals surface area contributed by atoms with E-state index in [2.05, 4.69) is 15.5 Å². The maximum absolute atomic E-state index is 13.3. The average Bonchev–Trinajstić information content (AvgIpc) is 3.28. The highest BCUT2D eigenvalue weighted by atomic mass is 16.5. The molecule has 5 rings (SSSR count). The Hall–Kier alpha value is -4.52. The van der Waals surface area contributed by atoms with Gasteiger partial charge in [-0.3, -0.25) is 9.59 Å². The molecule has 0 saturated heterocycles. The van der Waals surface area contributed by atoms with Gasteiger partial charge in [0.05, 0.1) is 16.6 Å². The zero-order chi connectivity index (χ0) is 22.9. The normalized spacial score (nSPS) is 11.0. The molecule has 0 bridgehead atoms. The Morgan fingerprint density at radius 2 is 1.67 bits per heavy atom. The van der Waals surface area contributed by atoms with Crippen LogP contribution < -0.4 is 10.7 Å². The zero-order valence-electron chi connectivity index (χ0n) is 18.0. The molecule has 162 valence electrons. The monoisotopic (exact) mass is 437 g/mol. The quantitative estimate of drug-likeness (QED) is 0.405. The van der Waals surface area contributed by atoms with E-state index in [0.717, 1.165) is 5.56 Å². The molecule has 1 N–H and O–H groups in total. The Morgan fingerprint density at radius 1 is 0.909 bits per heavy atom. The average molecular weight is 437 g/mol. The Balaban J connectivity index is 1.61. The molecule has 1 amide bonds. The Kier molecular flexibility index (Phi) is 5.06. The van der Waals surface area contributed by atoms with Crippen LogP contribution in [0.4, 0.5) is 5.69 Å². The van der Waals surface area contributed by atoms with Gasteiger partial charge in [0.15, 0.2) is 11.0 Å². The minimum atomic E-state index is -0.417. The van der Waals surface area contributed by atoms with Gasteiger partial charge in [-0.25, -0.2) is 0 Å². The van der Waals surface area contributed by atoms with E-state index < -0.39 is 5.91 Å². The van der Waals surface area contributed by atoms with Crippen LogP contribution in [0.2, 0.25) is 0 Å². The highest BCUT2D eigenvalue weighted by Gasteiger charge is 2.20. The summed E-state index contributed by atoms with van der Waals surface area (Å²) >= 11 is 0. The summed E-state index contributed by atoms with van der Waals surface area (Å²) < 4.78 is 11.2. The number of amides is 1. The van der Waals surface area contributed by atoms with Gasteiger partial charge in [0.1, 0.15) is 5.76 Å². The van der Waals surface area contributed by atoms with Crippen LogP contribution in [0.3, 0.4) is 0 Å². The van der Waals surface area contributed by atoms with Crippen molar-refractivity contribution in [2.75, 3.05) is 5.32 Å². The SMILES string of the molecule is Cc1nc(-c2ccccc2NC(=O)c2cccc3c(=O)c(C)c(-c4ccccc4)oc23)no1. The highest BCUT2D eigenvalue weighted by Crippen LogP contribution is 2.29. The number of hydrogen-bond donors (Lipinski definition) is 1. The third-order valence-corrected chi connectivity index (χ3v) is 5.37. The first-order valence-electron chi connectivity index (χ1n) is 10.4. The standard InChI is InChI=1S/C26H19N3O4/c1-15-22(30)19-12-8-13-20(24(19)32-23(15)17-9-4-3-5-10-17)26(31)28-21-14-7-6-11-18(21)25-27-16(2)33-29-25/h3-14H,1-2H3,(H,28,31). The van der Waals surface area contributed by atoms with Crippen LogP contribution in [0, 0.1) is 13.8 Å². The first-order chi connectivity index (χ1) is 16.0. The number of fused-ring (bicyclic) bond motifs is 1. The summed E-state index contributed by atoms with van der Waals surface area (Å²) in [5.74, 6) is 0.816. The predicted octanol–water partition coefficient (Wildman–Crippen LogP) is 5.38. The third kappa shape index (κ3) is 3.70. The third-order valence-electron chi connectivity index (χ3n) is 5.37. The number of hydrogen-bond acceptors (Lipinski definition) is 6. The molecular weight excluding hydrogens is 418 g/mol. The maximum Gasteiger partial charge on any atom is 0.259 e. The number of carbonyl (C=O) groups excluding carboxylic acids is 1. The van der Waals surface area contributed by atoms with E-state index in [0.29, 0.717) is 39.7 Å². The number of benzene rings is 3. The predicted molar refractivity (Wildman–Crippen MR) is 125 cm³/mol. The minimum Gasteiger partial charge on any atom is -0.455 e. The van der Waals surface area contributed by atoms with Gasteiger partial charge in [-0.05, 0) is 31.2 Å². The first-order valence-corrected chi connectivity index (χ1v) is 10.4. The number of carbonyl (C=O) groups is 1. The van der Waals surface area contributed by atoms with Crippen LogP contribution in [-0.2, 0) is 0 Å². The summed E-state index contributed by atoms with van der Waals surface area (Å²) in [4.78, 5) is 30.7. The number of nitrogens with zero attached hydrogens (tertiary/aromatic N) is 2. The maximum atomic E-state index is 13.3. The summed E-state index contributed by atoms with van der Waals surface area (Å²) in [6.07, 6.45) is 0. The van der Waals surface area contributed by atoms with Crippen LogP contribution in [0.1, 0.15) is 21.8 Å². The molecule has 3 aromatic carbocycles. The molecule has 5 aromatic rings. The molecule has 0 unspecified atom stereocenters. The zero-order valence-corrected chi connectivity index (χ0v) is 18.0. The lowest BCUT2D eigenvalue weighted by atomic mass is 10.0. The number of aryl methyl sites for hydroxylation is 1. The topological polar surface area (TPSA) is 98.2 Å². The van der Waals surface area contributed by atoms with Crippen molar-refractivity contribution in [3.8, 4) is 22.7 Å². The second-order valence-corrected chi connectivity index (χ2v) is 7.57. The molecule has 2 heterocycles. The van der Waals surface area contributed by atoms with Crippen molar-refractivity contribution in [1.82, 2.24) is 10.1 Å². The lowest BCUT2D eigenvalue weighted by Gasteiger charge is -2.12. The van der Waals surface area contributed by atoms with Crippen LogP contribution in [0.5, 0.6) is 0 Å². The van der Waals surface area contributed by atoms with Crippen molar-refractivity contribution in [3.05, 3.63) is 100 Å². The minimum absolute atomic E-state index is 0.174. The van der Waals surface area contributed by atoms with Crippen LogP contribution in [-0.4, -0.2) is 16.0 Å². The van der Waals surface area contributed by atoms with Crippen molar-refractivity contribution in [1.29, 1.82) is 0 Å². The number of rotatable bonds is 4. The lowest BCUT2D eigenvalue weighted by Crippen LogP contribution is -2.15. The number of nitrogens with one attached hydrogen (secondary N) is 1. The van der Waals surface area contributed by atoms with Gasteiger partial charge >= 0.3 is 0 Å². The van der Waals surface area contributed by atoms with Crippen LogP contribution >= 0.6 is 0 Å². The van der Waals surface area contributed by atoms with E-state index in [-0.39, 0.29) is 16.6 Å². The van der Waals surface area contributed by atoms with Gasteiger partial charge in [-0.2, -0.15) is 4.98 Å². The summed E-state index contributed by atoms with van der Waals surface area (Å²) in [6.45, 7) is 3.42. The fourth-order valence-electron chi connectivity index (χ4n) is 3.74. The number of para-hydroxylation sites is 2. The lowest BCUT2D eigenvalue weighted by molar-refractivity contribution is 0.102. The summed E-state index contributed by atoms with van der Waals surface area (Å²) in [7, 11) is 0. The smallest absolute Gasteiger partial charge is 0.259 e. The van der Waals surface area contributed by atoms with Crippen LogP contribution in [0.15, 0.2) is 86.5 Å². The molecule has 0 atom stereocenters. The highest BCUT2D eigenvalue weighted by molar-refractivity contribution is 6.12. The molecule has 0 aliphatic rings. The molecule has 2 aromatic heterocycles. The van der Waals surface area contributed by atoms with Gasteiger partial charge in [-0.1, -0.05) is 53.7 Å². The first kappa shape index (κ1) is 20.4. The number of anilines is 1. The van der Waals surface area contributed by atoms with Crippen molar-refractivity contribution >= 4 is 22.6 Å². The van der Waals surface area contributed by atoms with E-state index in [4.69, 9.17) is 8.94 Å². The van der Waals surface area contributed by atoms with E-state index in [1.54, 1.807) is 50.2 Å². The summed E-state index contributed by atoms with van der Waals surface area (Å²) in [5.41, 5.74) is 2.69. The molecular formula is C26H19N3O4. The second-order valence-electron chi connectivity index (χ2n) is 7.57. The van der Waals surface area contributed by atoms with Gasteiger partial charge < -0.3 is 14.3 Å². The van der Waals surface area contributed by atoms with Crippen molar-refractivity contribution < 1.29 is 13.7 Å². The van der Waals surface area contributed by atoms with Gasteiger partial charge in [0.2, 0.25) is 11.7 Å². The van der Waals surface area contributed by atoms with Crippen LogP contribution in [0.25, 0.3) is 33.7 Å². The summed E-state index contributed by atoms with van der Waals surface area (Å²) in [6, 6.07) is 21.5. The molecule has 0 radical (unpaired) electrons. The molecule has 7 nitrogen and oxygen atoms in total. The number of aromatic nitrogens is 2.